The Labute approximate surface area is 176 Å². The van der Waals surface area contributed by atoms with Crippen LogP contribution in [0.25, 0.3) is 0 Å². The molecule has 0 fully saturated rings. The number of carbonyl (C=O) groups is 2. The summed E-state index contributed by atoms with van der Waals surface area (Å²) in [7, 11) is 0. The topological polar surface area (TPSA) is 242 Å². The summed E-state index contributed by atoms with van der Waals surface area (Å²) >= 11 is 0. The van der Waals surface area contributed by atoms with Crippen LogP contribution in [0.3, 0.4) is 0 Å². The summed E-state index contributed by atoms with van der Waals surface area (Å²) in [5.74, 6) is -3.80. The van der Waals surface area contributed by atoms with Crippen LogP contribution in [0.2, 0.25) is 0 Å². The Morgan fingerprint density at radius 3 is 1.04 bits per heavy atom. The van der Waals surface area contributed by atoms with Crippen LogP contribution >= 0.6 is 0 Å². The van der Waals surface area contributed by atoms with Gasteiger partial charge in [0.05, 0.1) is 25.2 Å². The minimum absolute atomic E-state index is 0. The van der Waals surface area contributed by atoms with Crippen molar-refractivity contribution in [2.75, 3.05) is 13.2 Å². The first-order valence-corrected chi connectivity index (χ1v) is 5.73. The molecule has 0 saturated heterocycles. The molecule has 0 aliphatic heterocycles. The van der Waals surface area contributed by atoms with Crippen molar-refractivity contribution in [3.63, 3.8) is 0 Å². The third-order valence-corrected chi connectivity index (χ3v) is 2.29. The van der Waals surface area contributed by atoms with Crippen molar-refractivity contribution in [2.45, 2.75) is 36.6 Å². The number of hydrogen-bond acceptors (Lipinski definition) is 12. The summed E-state index contributed by atoms with van der Waals surface area (Å²) in [6, 6.07) is 0. The Balaban J connectivity index is -0.000000154. The number of carboxylic acids is 2. The van der Waals surface area contributed by atoms with Crippen molar-refractivity contribution in [2.24, 2.45) is 0 Å². The second-order valence-electron chi connectivity index (χ2n) is 4.01. The van der Waals surface area contributed by atoms with Gasteiger partial charge in [0.25, 0.3) is 0 Å². The molecule has 0 radical (unpaired) electrons. The van der Waals surface area contributed by atoms with Crippen molar-refractivity contribution in [3.05, 3.63) is 0 Å². The van der Waals surface area contributed by atoms with Crippen molar-refractivity contribution in [1.29, 1.82) is 0 Å². The molecule has 0 heterocycles. The maximum Gasteiger partial charge on any atom is 3.00 e. The predicted molar refractivity (Wildman–Crippen MR) is 60.2 cm³/mol. The summed E-state index contributed by atoms with van der Waals surface area (Å²) in [6.45, 7) is -1.66. The van der Waals surface area contributed by atoms with E-state index in [0.29, 0.717) is 0 Å². The van der Waals surface area contributed by atoms with E-state index in [9.17, 15) is 19.8 Å². The third kappa shape index (κ3) is 12.7. The van der Waals surface area contributed by atoms with Gasteiger partial charge in [-0.2, -0.15) is 0 Å². The van der Waals surface area contributed by atoms with Crippen LogP contribution in [-0.2, 0) is 9.59 Å². The monoisotopic (exact) mass is 476 g/mol. The molecule has 12 nitrogen and oxygen atoms in total. The Kier molecular flexibility index (Phi) is 22.6. The van der Waals surface area contributed by atoms with Crippen molar-refractivity contribution < 1.29 is 115 Å². The molecule has 0 saturated carbocycles. The Morgan fingerprint density at radius 1 is 0.708 bits per heavy atom. The molecule has 14 heteroatoms. The number of aliphatic hydroxyl groups excluding tert-OH is 8. The van der Waals surface area contributed by atoms with Gasteiger partial charge in [0.2, 0.25) is 0 Å². The fourth-order valence-electron chi connectivity index (χ4n) is 0.916. The van der Waals surface area contributed by atoms with E-state index >= 15 is 0 Å². The van der Waals surface area contributed by atoms with Crippen LogP contribution in [0.5, 0.6) is 0 Å². The first-order valence-electron chi connectivity index (χ1n) is 5.73. The van der Waals surface area contributed by atoms with Crippen LogP contribution in [0, 0.1) is 35.6 Å². The minimum Gasteiger partial charge on any atom is -0.547 e. The van der Waals surface area contributed by atoms with Gasteiger partial charge in [0, 0.05) is 0 Å². The largest absolute Gasteiger partial charge is 3.00 e. The van der Waals surface area contributed by atoms with Crippen molar-refractivity contribution in [1.82, 2.24) is 0 Å². The normalized spacial score (nSPS) is 17.3. The molecule has 0 rings (SSSR count). The van der Waals surface area contributed by atoms with Gasteiger partial charge < -0.3 is 60.7 Å². The first kappa shape index (κ1) is 32.1. The molecule has 0 unspecified atom stereocenters. The summed E-state index contributed by atoms with van der Waals surface area (Å²) < 4.78 is 0. The summed E-state index contributed by atoms with van der Waals surface area (Å²) in [5, 5.41) is 87.7. The van der Waals surface area contributed by atoms with Crippen LogP contribution in [0.1, 0.15) is 0 Å². The molecule has 0 bridgehead atoms. The fourth-order valence-corrected chi connectivity index (χ4v) is 0.916. The number of aliphatic hydroxyl groups is 8. The quantitative estimate of drug-likeness (QED) is 0.152. The molecular weight excluding hydrogens is 458 g/mol. The number of rotatable bonds is 8. The minimum atomic E-state index is -2.18. The average Bonchev–Trinajstić information content (AvgIpc) is 2.50. The molecule has 0 aliphatic carbocycles. The van der Waals surface area contributed by atoms with E-state index in [-0.39, 0.29) is 54.5 Å². The second kappa shape index (κ2) is 16.9. The molecule has 24 heavy (non-hydrogen) atoms. The van der Waals surface area contributed by atoms with Gasteiger partial charge >= 0.3 is 54.5 Å². The molecule has 0 spiro atoms. The smallest absolute Gasteiger partial charge is 0.547 e. The molecule has 0 aromatic rings. The van der Waals surface area contributed by atoms with E-state index in [1.807, 2.05) is 0 Å². The molecule has 0 aromatic heterocycles. The standard InChI is InChI=1S/2C5H10O6.La.Li/c2*6-1-2(7)3(8)4(9)5(10)11;;/h2*2-4,6-9H,1H2,(H,10,11);;/q;;+3;+1/p-2/t2*2-,3+,4+;;/m11../s1. The number of hydrogen-bond donors (Lipinski definition) is 8. The van der Waals surface area contributed by atoms with Crippen molar-refractivity contribution >= 4 is 11.9 Å². The number of carbonyl (C=O) groups excluding carboxylic acids is 2. The predicted octanol–water partition coefficient (Wildman–Crippen LogP) is -11.4. The molecule has 6 atom stereocenters. The molecule has 8 N–H and O–H groups in total. The maximum atomic E-state index is 9.85. The van der Waals surface area contributed by atoms with E-state index < -0.39 is 61.8 Å². The Bertz CT molecular complexity index is 314. The van der Waals surface area contributed by atoms with Crippen molar-refractivity contribution in [3.8, 4) is 0 Å². The Morgan fingerprint density at radius 2 is 0.917 bits per heavy atom. The maximum absolute atomic E-state index is 9.85. The van der Waals surface area contributed by atoms with Gasteiger partial charge in [-0.15, -0.1) is 0 Å². The fraction of sp³-hybridized carbons (Fsp3) is 0.800. The molecular formula is C10H18LaLiO12+2. The zero-order valence-corrected chi connectivity index (χ0v) is 16.3. The van der Waals surface area contributed by atoms with Crippen LogP contribution in [0.4, 0.5) is 0 Å². The van der Waals surface area contributed by atoms with Gasteiger partial charge in [-0.05, 0) is 0 Å². The first-order chi connectivity index (χ1) is 10.0. The molecule has 0 aromatic carbocycles. The van der Waals surface area contributed by atoms with E-state index in [0.717, 1.165) is 0 Å². The summed E-state index contributed by atoms with van der Waals surface area (Å²) in [4.78, 5) is 19.7. The summed E-state index contributed by atoms with van der Waals surface area (Å²) in [5.41, 5.74) is 0. The molecule has 0 aliphatic rings. The van der Waals surface area contributed by atoms with Crippen LogP contribution in [0.15, 0.2) is 0 Å². The summed E-state index contributed by atoms with van der Waals surface area (Å²) in [6.07, 6.45) is -11.6. The second-order valence-corrected chi connectivity index (χ2v) is 4.01. The van der Waals surface area contributed by atoms with Gasteiger partial charge in [-0.25, -0.2) is 0 Å². The van der Waals surface area contributed by atoms with E-state index in [4.69, 9.17) is 40.9 Å². The molecule has 132 valence electrons. The third-order valence-electron chi connectivity index (χ3n) is 2.29. The van der Waals surface area contributed by atoms with Gasteiger partial charge in [0.15, 0.2) is 0 Å². The average molecular weight is 476 g/mol. The SMILES string of the molecule is O=C([O-])[C@@H](O)[C@@H](O)[C@H](O)CO.O=C([O-])[C@@H](O)[C@@H](O)[C@H](O)CO.[La+3].[Li+]. The zero-order chi connectivity index (χ0) is 18.0. The van der Waals surface area contributed by atoms with Crippen LogP contribution < -0.4 is 29.1 Å². The van der Waals surface area contributed by atoms with Crippen LogP contribution in [-0.4, -0.2) is 103 Å². The van der Waals surface area contributed by atoms with Gasteiger partial charge in [-0.1, -0.05) is 0 Å². The van der Waals surface area contributed by atoms with E-state index in [1.165, 1.54) is 0 Å². The van der Waals surface area contributed by atoms with Gasteiger partial charge in [-0.3, -0.25) is 0 Å². The van der Waals surface area contributed by atoms with E-state index in [2.05, 4.69) is 0 Å². The zero-order valence-electron chi connectivity index (χ0n) is 12.7. The van der Waals surface area contributed by atoms with E-state index in [1.54, 1.807) is 0 Å². The number of carboxylic acid groups (broad SMARTS) is 2. The van der Waals surface area contributed by atoms with Gasteiger partial charge in [0.1, 0.15) is 36.6 Å². The molecule has 0 amide bonds. The Hall–Kier alpha value is 0.412. The number of aliphatic carboxylic acids is 2.